The van der Waals surface area contributed by atoms with E-state index in [-0.39, 0.29) is 5.91 Å². The normalized spacial score (nSPS) is 15.1. The zero-order chi connectivity index (χ0) is 22.4. The number of rotatable bonds is 4. The Bertz CT molecular complexity index is 941. The third kappa shape index (κ3) is 5.84. The number of carbonyl (C=O) groups is 2. The second-order valence-corrected chi connectivity index (χ2v) is 7.02. The van der Waals surface area contributed by atoms with Gasteiger partial charge in [0.15, 0.2) is 0 Å². The van der Waals surface area contributed by atoms with E-state index in [1.165, 1.54) is 19.3 Å². The molecule has 0 radical (unpaired) electrons. The predicted molar refractivity (Wildman–Crippen MR) is 109 cm³/mol. The van der Waals surface area contributed by atoms with E-state index >= 15 is 0 Å². The highest BCUT2D eigenvalue weighted by atomic mass is 19.4. The second-order valence-electron chi connectivity index (χ2n) is 7.02. The highest BCUT2D eigenvalue weighted by Crippen LogP contribution is 2.29. The lowest BCUT2D eigenvalue weighted by Gasteiger charge is -2.22. The molecule has 9 heteroatoms. The molecule has 1 aliphatic heterocycles. The quantitative estimate of drug-likeness (QED) is 0.544. The van der Waals surface area contributed by atoms with E-state index < -0.39 is 17.7 Å². The highest BCUT2D eigenvalue weighted by Gasteiger charge is 2.31. The van der Waals surface area contributed by atoms with Crippen molar-refractivity contribution in [1.29, 1.82) is 0 Å². The molecule has 1 saturated heterocycles. The van der Waals surface area contributed by atoms with E-state index in [0.717, 1.165) is 17.8 Å². The number of aromatic nitrogens is 1. The van der Waals surface area contributed by atoms with Crippen LogP contribution in [0.4, 0.5) is 19.0 Å². The van der Waals surface area contributed by atoms with Gasteiger partial charge in [-0.25, -0.2) is 9.78 Å². The van der Waals surface area contributed by atoms with Gasteiger partial charge in [0.25, 0.3) is 0 Å². The number of anilines is 1. The molecular formula is C22H22F3N3O3. The summed E-state index contributed by atoms with van der Waals surface area (Å²) in [5, 5.41) is 0. The number of hydrogen-bond acceptors (Lipinski definition) is 5. The molecule has 0 bridgehead atoms. The number of alkyl halides is 3. The Labute approximate surface area is 177 Å². The molecule has 0 unspecified atom stereocenters. The first-order valence-electron chi connectivity index (χ1n) is 9.71. The molecule has 0 atom stereocenters. The van der Waals surface area contributed by atoms with Crippen molar-refractivity contribution in [2.45, 2.75) is 12.6 Å². The van der Waals surface area contributed by atoms with Gasteiger partial charge in [0.1, 0.15) is 5.82 Å². The number of amides is 1. The van der Waals surface area contributed by atoms with Crippen LogP contribution in [0.1, 0.15) is 27.9 Å². The number of nitrogens with zero attached hydrogens (tertiary/aromatic N) is 3. The van der Waals surface area contributed by atoms with Crippen molar-refractivity contribution in [3.63, 3.8) is 0 Å². The van der Waals surface area contributed by atoms with Gasteiger partial charge in [0.05, 0.1) is 18.2 Å². The van der Waals surface area contributed by atoms with Crippen LogP contribution in [-0.4, -0.2) is 55.0 Å². The van der Waals surface area contributed by atoms with Crippen molar-refractivity contribution < 1.29 is 27.5 Å². The third-order valence-corrected chi connectivity index (χ3v) is 4.96. The molecule has 3 rings (SSSR count). The summed E-state index contributed by atoms with van der Waals surface area (Å²) in [7, 11) is 1.31. The Morgan fingerprint density at radius 3 is 2.39 bits per heavy atom. The number of ether oxygens (including phenoxy) is 1. The maximum atomic E-state index is 12.7. The van der Waals surface area contributed by atoms with Crippen LogP contribution in [-0.2, 0) is 15.7 Å². The Balaban J connectivity index is 1.58. The summed E-state index contributed by atoms with van der Waals surface area (Å²) >= 11 is 0. The molecule has 1 amide bonds. The van der Waals surface area contributed by atoms with Gasteiger partial charge in [-0.3, -0.25) is 4.79 Å². The minimum absolute atomic E-state index is 0.153. The standard InChI is InChI=1S/C22H22F3N3O3/c1-31-21(30)17-6-3-16(4-7-17)5-10-20(29)28-12-2-11-27(13-14-28)19-9-8-18(15-26-19)22(23,24)25/h3-10,15H,2,11-14H2,1H3/b10-5+. The van der Waals surface area contributed by atoms with Crippen LogP contribution in [0.2, 0.25) is 0 Å². The molecule has 1 aromatic heterocycles. The molecule has 164 valence electrons. The third-order valence-electron chi connectivity index (χ3n) is 4.96. The van der Waals surface area contributed by atoms with E-state index in [1.54, 1.807) is 35.2 Å². The van der Waals surface area contributed by atoms with Gasteiger partial charge in [-0.05, 0) is 42.3 Å². The Kier molecular flexibility index (Phi) is 6.94. The fourth-order valence-corrected chi connectivity index (χ4v) is 3.23. The molecule has 0 spiro atoms. The van der Waals surface area contributed by atoms with Crippen LogP contribution in [0, 0.1) is 0 Å². The molecule has 2 heterocycles. The summed E-state index contributed by atoms with van der Waals surface area (Å²) in [6.07, 6.45) is 0.232. The molecule has 6 nitrogen and oxygen atoms in total. The van der Waals surface area contributed by atoms with Gasteiger partial charge in [-0.2, -0.15) is 13.2 Å². The summed E-state index contributed by atoms with van der Waals surface area (Å²) in [6.45, 7) is 2.06. The van der Waals surface area contributed by atoms with Gasteiger partial charge in [-0.1, -0.05) is 12.1 Å². The fourth-order valence-electron chi connectivity index (χ4n) is 3.23. The highest BCUT2D eigenvalue weighted by molar-refractivity contribution is 5.92. The van der Waals surface area contributed by atoms with E-state index in [1.807, 2.05) is 4.90 Å². The fraction of sp³-hybridized carbons (Fsp3) is 0.318. The van der Waals surface area contributed by atoms with Gasteiger partial charge in [0.2, 0.25) is 5.91 Å². The minimum atomic E-state index is -4.42. The average molecular weight is 433 g/mol. The van der Waals surface area contributed by atoms with Crippen molar-refractivity contribution in [2.24, 2.45) is 0 Å². The van der Waals surface area contributed by atoms with Crippen molar-refractivity contribution in [2.75, 3.05) is 38.2 Å². The van der Waals surface area contributed by atoms with Crippen molar-refractivity contribution in [1.82, 2.24) is 9.88 Å². The van der Waals surface area contributed by atoms with E-state index in [4.69, 9.17) is 0 Å². The number of carbonyl (C=O) groups excluding carboxylic acids is 2. The first kappa shape index (κ1) is 22.3. The predicted octanol–water partition coefficient (Wildman–Crippen LogP) is 3.64. The van der Waals surface area contributed by atoms with E-state index in [2.05, 4.69) is 9.72 Å². The summed E-state index contributed by atoms with van der Waals surface area (Å²) in [5.41, 5.74) is 0.412. The van der Waals surface area contributed by atoms with Crippen LogP contribution >= 0.6 is 0 Å². The van der Waals surface area contributed by atoms with E-state index in [0.29, 0.717) is 44.0 Å². The number of benzene rings is 1. The summed E-state index contributed by atoms with van der Waals surface area (Å²) in [6, 6.07) is 9.06. The molecular weight excluding hydrogens is 411 g/mol. The number of pyridine rings is 1. The van der Waals surface area contributed by atoms with Crippen LogP contribution < -0.4 is 4.90 Å². The van der Waals surface area contributed by atoms with Gasteiger partial charge in [0, 0.05) is 38.5 Å². The molecule has 2 aromatic rings. The molecule has 1 aromatic carbocycles. The SMILES string of the molecule is COC(=O)c1ccc(/C=C/C(=O)N2CCCN(c3ccc(C(F)(F)F)cn3)CC2)cc1. The van der Waals surface area contributed by atoms with Gasteiger partial charge in [-0.15, -0.1) is 0 Å². The summed E-state index contributed by atoms with van der Waals surface area (Å²) < 4.78 is 42.8. The van der Waals surface area contributed by atoms with Gasteiger partial charge < -0.3 is 14.5 Å². The lowest BCUT2D eigenvalue weighted by molar-refractivity contribution is -0.137. The molecule has 0 N–H and O–H groups in total. The second kappa shape index (κ2) is 9.63. The first-order chi connectivity index (χ1) is 14.8. The lowest BCUT2D eigenvalue weighted by Crippen LogP contribution is -2.34. The van der Waals surface area contributed by atoms with Crippen LogP contribution in [0.5, 0.6) is 0 Å². The largest absolute Gasteiger partial charge is 0.465 e. The first-order valence-corrected chi connectivity index (χ1v) is 9.71. The topological polar surface area (TPSA) is 62.7 Å². The smallest absolute Gasteiger partial charge is 0.417 e. The summed E-state index contributed by atoms with van der Waals surface area (Å²) in [4.78, 5) is 31.5. The Morgan fingerprint density at radius 2 is 1.77 bits per heavy atom. The zero-order valence-electron chi connectivity index (χ0n) is 16.9. The van der Waals surface area contributed by atoms with Crippen LogP contribution in [0.3, 0.4) is 0 Å². The van der Waals surface area contributed by atoms with Crippen molar-refractivity contribution in [3.05, 3.63) is 65.4 Å². The molecule has 31 heavy (non-hydrogen) atoms. The van der Waals surface area contributed by atoms with Crippen LogP contribution in [0.25, 0.3) is 6.08 Å². The van der Waals surface area contributed by atoms with Gasteiger partial charge >= 0.3 is 12.1 Å². The van der Waals surface area contributed by atoms with Crippen molar-refractivity contribution in [3.8, 4) is 0 Å². The van der Waals surface area contributed by atoms with E-state index in [9.17, 15) is 22.8 Å². The lowest BCUT2D eigenvalue weighted by atomic mass is 10.1. The number of methoxy groups -OCH3 is 1. The molecule has 0 saturated carbocycles. The van der Waals surface area contributed by atoms with Crippen molar-refractivity contribution >= 4 is 23.8 Å². The average Bonchev–Trinajstić information content (AvgIpc) is 3.03. The maximum Gasteiger partial charge on any atom is 0.417 e. The number of halogens is 3. The summed E-state index contributed by atoms with van der Waals surface area (Å²) in [5.74, 6) is -0.119. The molecule has 1 fully saturated rings. The Hall–Kier alpha value is -3.36. The number of esters is 1. The van der Waals surface area contributed by atoms with Crippen LogP contribution in [0.15, 0.2) is 48.7 Å². The molecule has 1 aliphatic rings. The monoisotopic (exact) mass is 433 g/mol. The minimum Gasteiger partial charge on any atom is -0.465 e. The molecule has 0 aliphatic carbocycles. The Morgan fingerprint density at radius 1 is 1.03 bits per heavy atom. The zero-order valence-corrected chi connectivity index (χ0v) is 16.9. The maximum absolute atomic E-state index is 12.7. The number of hydrogen-bond donors (Lipinski definition) is 0.